The number of carbonyl (C=O) groups excluding carboxylic acids is 2. The number of rotatable bonds is 8. The zero-order valence-corrected chi connectivity index (χ0v) is 14.6. The second kappa shape index (κ2) is 9.36. The molecule has 0 radical (unpaired) electrons. The lowest BCUT2D eigenvalue weighted by molar-refractivity contribution is -0.137. The van der Waals surface area contributed by atoms with Crippen molar-refractivity contribution in [3.8, 4) is 0 Å². The zero-order chi connectivity index (χ0) is 18.9. The van der Waals surface area contributed by atoms with E-state index in [1.165, 1.54) is 0 Å². The molecule has 0 fully saturated rings. The predicted octanol–water partition coefficient (Wildman–Crippen LogP) is 2.53. The van der Waals surface area contributed by atoms with Crippen LogP contribution in [-0.4, -0.2) is 28.9 Å². The van der Waals surface area contributed by atoms with Crippen molar-refractivity contribution in [2.75, 3.05) is 5.32 Å². The Labute approximate surface area is 152 Å². The van der Waals surface area contributed by atoms with Crippen LogP contribution in [0.5, 0.6) is 0 Å². The summed E-state index contributed by atoms with van der Waals surface area (Å²) < 4.78 is 0. The first-order valence-electron chi connectivity index (χ1n) is 8.37. The van der Waals surface area contributed by atoms with Crippen LogP contribution in [-0.2, 0) is 20.8 Å². The van der Waals surface area contributed by atoms with Gasteiger partial charge in [0.2, 0.25) is 11.8 Å². The molecule has 136 valence electrons. The van der Waals surface area contributed by atoms with Crippen LogP contribution < -0.4 is 10.6 Å². The number of aliphatic carboxylic acids is 1. The number of nitrogens with one attached hydrogen (secondary N) is 2. The van der Waals surface area contributed by atoms with Crippen LogP contribution >= 0.6 is 0 Å². The highest BCUT2D eigenvalue weighted by Crippen LogP contribution is 2.10. The number of anilines is 1. The van der Waals surface area contributed by atoms with Crippen LogP contribution in [0.4, 0.5) is 5.69 Å². The maximum Gasteiger partial charge on any atom is 0.303 e. The number of carbonyl (C=O) groups is 3. The molecular weight excluding hydrogens is 332 g/mol. The molecule has 0 unspecified atom stereocenters. The molecule has 0 aromatic heterocycles. The summed E-state index contributed by atoms with van der Waals surface area (Å²) >= 11 is 0. The zero-order valence-electron chi connectivity index (χ0n) is 14.6. The Bertz CT molecular complexity index is 774. The SMILES string of the molecule is Cc1ccccc1CC(=O)N[C@@H](CCC(=O)O)C(=O)Nc1ccccc1. The van der Waals surface area contributed by atoms with E-state index in [1.807, 2.05) is 37.3 Å². The highest BCUT2D eigenvalue weighted by molar-refractivity contribution is 5.97. The van der Waals surface area contributed by atoms with Crippen LogP contribution in [0.25, 0.3) is 0 Å². The predicted molar refractivity (Wildman–Crippen MR) is 98.8 cm³/mol. The average molecular weight is 354 g/mol. The number of carboxylic acid groups (broad SMARTS) is 1. The van der Waals surface area contributed by atoms with E-state index in [0.29, 0.717) is 5.69 Å². The van der Waals surface area contributed by atoms with Crippen molar-refractivity contribution in [1.82, 2.24) is 5.32 Å². The van der Waals surface area contributed by atoms with E-state index in [0.717, 1.165) is 11.1 Å². The smallest absolute Gasteiger partial charge is 0.303 e. The van der Waals surface area contributed by atoms with Crippen molar-refractivity contribution in [3.05, 3.63) is 65.7 Å². The molecule has 0 aliphatic rings. The monoisotopic (exact) mass is 354 g/mol. The Hall–Kier alpha value is -3.15. The summed E-state index contributed by atoms with van der Waals surface area (Å²) in [4.78, 5) is 35.7. The molecule has 0 bridgehead atoms. The van der Waals surface area contributed by atoms with Crippen molar-refractivity contribution in [1.29, 1.82) is 0 Å². The van der Waals surface area contributed by atoms with Gasteiger partial charge in [-0.1, -0.05) is 42.5 Å². The lowest BCUT2D eigenvalue weighted by Crippen LogP contribution is -2.44. The molecule has 6 nitrogen and oxygen atoms in total. The van der Waals surface area contributed by atoms with Gasteiger partial charge >= 0.3 is 5.97 Å². The van der Waals surface area contributed by atoms with Gasteiger partial charge in [0.15, 0.2) is 0 Å². The van der Waals surface area contributed by atoms with Gasteiger partial charge in [0.1, 0.15) is 6.04 Å². The second-order valence-corrected chi connectivity index (χ2v) is 6.01. The minimum atomic E-state index is -1.02. The number of benzene rings is 2. The van der Waals surface area contributed by atoms with E-state index in [9.17, 15) is 14.4 Å². The average Bonchev–Trinajstić information content (AvgIpc) is 2.61. The number of aryl methyl sites for hydroxylation is 1. The molecule has 0 aliphatic heterocycles. The molecule has 0 saturated carbocycles. The van der Waals surface area contributed by atoms with Gasteiger partial charge in [-0.25, -0.2) is 0 Å². The lowest BCUT2D eigenvalue weighted by Gasteiger charge is -2.18. The summed E-state index contributed by atoms with van der Waals surface area (Å²) in [6, 6.07) is 15.4. The van der Waals surface area contributed by atoms with Crippen LogP contribution in [0.2, 0.25) is 0 Å². The third kappa shape index (κ3) is 6.05. The van der Waals surface area contributed by atoms with Crippen molar-refractivity contribution in [2.24, 2.45) is 0 Å². The van der Waals surface area contributed by atoms with Gasteiger partial charge < -0.3 is 15.7 Å². The normalized spacial score (nSPS) is 11.4. The first-order chi connectivity index (χ1) is 12.5. The molecule has 26 heavy (non-hydrogen) atoms. The summed E-state index contributed by atoms with van der Waals surface area (Å²) in [6.07, 6.45) is -0.0557. The molecule has 2 amide bonds. The molecule has 0 heterocycles. The summed E-state index contributed by atoms with van der Waals surface area (Å²) in [5.74, 6) is -1.77. The van der Waals surface area contributed by atoms with E-state index in [1.54, 1.807) is 24.3 Å². The van der Waals surface area contributed by atoms with Gasteiger partial charge in [-0.2, -0.15) is 0 Å². The summed E-state index contributed by atoms with van der Waals surface area (Å²) in [5.41, 5.74) is 2.44. The molecule has 2 rings (SSSR count). The highest BCUT2D eigenvalue weighted by Gasteiger charge is 2.22. The Kier molecular flexibility index (Phi) is 6.91. The maximum absolute atomic E-state index is 12.5. The molecule has 2 aromatic carbocycles. The first-order valence-corrected chi connectivity index (χ1v) is 8.37. The molecule has 0 saturated heterocycles. The van der Waals surface area contributed by atoms with Gasteiger partial charge in [-0.05, 0) is 36.6 Å². The van der Waals surface area contributed by atoms with E-state index in [2.05, 4.69) is 10.6 Å². The number of carboxylic acids is 1. The molecule has 1 atom stereocenters. The van der Waals surface area contributed by atoms with Gasteiger partial charge in [0.25, 0.3) is 0 Å². The number of amides is 2. The minimum Gasteiger partial charge on any atom is -0.481 e. The first kappa shape index (κ1) is 19.2. The molecule has 3 N–H and O–H groups in total. The van der Waals surface area contributed by atoms with E-state index < -0.39 is 17.9 Å². The molecular formula is C20H22N2O4. The lowest BCUT2D eigenvalue weighted by atomic mass is 10.0. The standard InChI is InChI=1S/C20H22N2O4/c1-14-7-5-6-8-15(14)13-18(23)22-17(11-12-19(24)25)20(26)21-16-9-3-2-4-10-16/h2-10,17H,11-13H2,1H3,(H,21,26)(H,22,23)(H,24,25)/t17-/m0/s1. The fourth-order valence-electron chi connectivity index (χ4n) is 2.51. The van der Waals surface area contributed by atoms with Gasteiger partial charge in [0.05, 0.1) is 6.42 Å². The van der Waals surface area contributed by atoms with Crippen LogP contribution in [0.1, 0.15) is 24.0 Å². The van der Waals surface area contributed by atoms with Gasteiger partial charge in [-0.3, -0.25) is 14.4 Å². The largest absolute Gasteiger partial charge is 0.481 e. The third-order valence-corrected chi connectivity index (χ3v) is 3.95. The minimum absolute atomic E-state index is 0.0213. The van der Waals surface area contributed by atoms with Crippen molar-refractivity contribution < 1.29 is 19.5 Å². The van der Waals surface area contributed by atoms with Crippen LogP contribution in [0, 0.1) is 6.92 Å². The van der Waals surface area contributed by atoms with Crippen LogP contribution in [0.3, 0.4) is 0 Å². The fraction of sp³-hybridized carbons (Fsp3) is 0.250. The number of hydrogen-bond donors (Lipinski definition) is 3. The van der Waals surface area contributed by atoms with Gasteiger partial charge in [-0.15, -0.1) is 0 Å². The van der Waals surface area contributed by atoms with Crippen molar-refractivity contribution >= 4 is 23.5 Å². The quantitative estimate of drug-likeness (QED) is 0.679. The van der Waals surface area contributed by atoms with Crippen LogP contribution in [0.15, 0.2) is 54.6 Å². The summed E-state index contributed by atoms with van der Waals surface area (Å²) in [6.45, 7) is 1.91. The van der Waals surface area contributed by atoms with E-state index >= 15 is 0 Å². The topological polar surface area (TPSA) is 95.5 Å². The summed E-state index contributed by atoms with van der Waals surface area (Å²) in [5, 5.41) is 14.2. The Balaban J connectivity index is 2.03. The van der Waals surface area contributed by atoms with E-state index in [-0.39, 0.29) is 25.2 Å². The molecule has 0 spiro atoms. The Morgan fingerprint density at radius 2 is 1.65 bits per heavy atom. The highest BCUT2D eigenvalue weighted by atomic mass is 16.4. The molecule has 6 heteroatoms. The third-order valence-electron chi connectivity index (χ3n) is 3.95. The summed E-state index contributed by atoms with van der Waals surface area (Å²) in [7, 11) is 0. The number of para-hydroxylation sites is 1. The van der Waals surface area contributed by atoms with E-state index in [4.69, 9.17) is 5.11 Å². The fourth-order valence-corrected chi connectivity index (χ4v) is 2.51. The van der Waals surface area contributed by atoms with Gasteiger partial charge in [0, 0.05) is 12.1 Å². The maximum atomic E-state index is 12.5. The van der Waals surface area contributed by atoms with Crippen molar-refractivity contribution in [3.63, 3.8) is 0 Å². The Morgan fingerprint density at radius 1 is 1.00 bits per heavy atom. The number of hydrogen-bond acceptors (Lipinski definition) is 3. The second-order valence-electron chi connectivity index (χ2n) is 6.01. The molecule has 2 aromatic rings. The molecule has 0 aliphatic carbocycles. The Morgan fingerprint density at radius 3 is 2.31 bits per heavy atom. The van der Waals surface area contributed by atoms with Crippen molar-refractivity contribution in [2.45, 2.75) is 32.2 Å².